The Morgan fingerprint density at radius 2 is 1.71 bits per heavy atom. The lowest BCUT2D eigenvalue weighted by Gasteiger charge is -2.07. The molecule has 0 saturated heterocycles. The van der Waals surface area contributed by atoms with Gasteiger partial charge in [0, 0.05) is 17.3 Å². The minimum atomic E-state index is -0.895. The minimum Gasteiger partial charge on any atom is -0.508 e. The number of amides is 2. The Kier molecular flexibility index (Phi) is 5.00. The number of carbonyl (C=O) groups is 3. The number of benzene rings is 2. The van der Waals surface area contributed by atoms with Crippen LogP contribution in [0.3, 0.4) is 0 Å². The van der Waals surface area contributed by atoms with Gasteiger partial charge in [0.2, 0.25) is 0 Å². The van der Waals surface area contributed by atoms with Crippen molar-refractivity contribution in [3.05, 3.63) is 53.6 Å². The molecule has 0 aromatic heterocycles. The van der Waals surface area contributed by atoms with E-state index in [9.17, 15) is 19.5 Å². The van der Waals surface area contributed by atoms with Crippen LogP contribution in [-0.2, 0) is 4.74 Å². The number of ether oxygens (including phenoxy) is 1. The topological polar surface area (TPSA) is 139 Å². The second-order valence-electron chi connectivity index (χ2n) is 4.77. The van der Waals surface area contributed by atoms with Crippen molar-refractivity contribution >= 4 is 23.5 Å². The largest absolute Gasteiger partial charge is 0.508 e. The average molecular weight is 330 g/mol. The van der Waals surface area contributed by atoms with E-state index in [4.69, 9.17) is 15.6 Å². The molecule has 0 saturated carbocycles. The summed E-state index contributed by atoms with van der Waals surface area (Å²) in [6, 6.07) is 8.50. The molecule has 0 atom stereocenters. The van der Waals surface area contributed by atoms with Gasteiger partial charge in [-0.05, 0) is 36.4 Å². The number of anilines is 1. The van der Waals surface area contributed by atoms with Crippen molar-refractivity contribution in [2.75, 3.05) is 11.9 Å². The van der Waals surface area contributed by atoms with E-state index in [1.54, 1.807) is 0 Å². The van der Waals surface area contributed by atoms with Crippen LogP contribution in [0.15, 0.2) is 42.5 Å². The number of phenols is 2. The number of nitrogens with one attached hydrogen (secondary N) is 1. The second kappa shape index (κ2) is 7.14. The van der Waals surface area contributed by atoms with E-state index in [2.05, 4.69) is 5.32 Å². The number of hydrogen-bond donors (Lipinski definition) is 4. The zero-order valence-electron chi connectivity index (χ0n) is 12.4. The standard InChI is InChI=1S/C16H14N2O6/c17-16(23)18-10-3-1-9(2-4-10)14(21)8-24-15(22)12-6-5-11(19)7-13(12)20/h1-7,19-20H,8H2,(H3,17,18,23). The number of hydrogen-bond acceptors (Lipinski definition) is 6. The highest BCUT2D eigenvalue weighted by molar-refractivity contribution is 6.00. The highest BCUT2D eigenvalue weighted by Gasteiger charge is 2.15. The fourth-order valence-corrected chi connectivity index (χ4v) is 1.87. The van der Waals surface area contributed by atoms with Gasteiger partial charge in [-0.25, -0.2) is 9.59 Å². The monoisotopic (exact) mass is 330 g/mol. The number of carbonyl (C=O) groups excluding carboxylic acids is 3. The maximum absolute atomic E-state index is 12.0. The number of aromatic hydroxyl groups is 2. The molecule has 2 aromatic carbocycles. The van der Waals surface area contributed by atoms with Crippen molar-refractivity contribution in [3.63, 3.8) is 0 Å². The van der Waals surface area contributed by atoms with Crippen molar-refractivity contribution < 1.29 is 29.3 Å². The third-order valence-corrected chi connectivity index (χ3v) is 3.01. The van der Waals surface area contributed by atoms with E-state index in [1.807, 2.05) is 0 Å². The number of esters is 1. The number of Topliss-reactive ketones (excluding diaryl/α,β-unsaturated/α-hetero) is 1. The Hall–Kier alpha value is -3.55. The summed E-state index contributed by atoms with van der Waals surface area (Å²) < 4.78 is 4.84. The molecule has 0 radical (unpaired) electrons. The van der Waals surface area contributed by atoms with E-state index in [1.165, 1.54) is 36.4 Å². The first kappa shape index (κ1) is 16.8. The summed E-state index contributed by atoms with van der Waals surface area (Å²) in [6.07, 6.45) is 0. The number of urea groups is 1. The average Bonchev–Trinajstić information content (AvgIpc) is 2.52. The molecule has 5 N–H and O–H groups in total. The van der Waals surface area contributed by atoms with E-state index < -0.39 is 30.1 Å². The summed E-state index contributed by atoms with van der Waals surface area (Å²) in [5.41, 5.74) is 5.50. The van der Waals surface area contributed by atoms with Crippen LogP contribution in [-0.4, -0.2) is 34.6 Å². The van der Waals surface area contributed by atoms with Crippen molar-refractivity contribution in [3.8, 4) is 11.5 Å². The first-order valence-corrected chi connectivity index (χ1v) is 6.75. The van der Waals surface area contributed by atoms with Crippen LogP contribution in [0.1, 0.15) is 20.7 Å². The maximum Gasteiger partial charge on any atom is 0.342 e. The van der Waals surface area contributed by atoms with Gasteiger partial charge in [0.1, 0.15) is 17.1 Å². The van der Waals surface area contributed by atoms with E-state index in [0.717, 1.165) is 6.07 Å². The van der Waals surface area contributed by atoms with Crippen molar-refractivity contribution in [2.45, 2.75) is 0 Å². The molecule has 0 fully saturated rings. The lowest BCUT2D eigenvalue weighted by molar-refractivity contribution is 0.0472. The Labute approximate surface area is 136 Å². The van der Waals surface area contributed by atoms with Crippen LogP contribution in [0.5, 0.6) is 11.5 Å². The summed E-state index contributed by atoms with van der Waals surface area (Å²) in [4.78, 5) is 34.5. The summed E-state index contributed by atoms with van der Waals surface area (Å²) in [5, 5.41) is 21.1. The Balaban J connectivity index is 1.97. The van der Waals surface area contributed by atoms with Crippen molar-refractivity contribution in [1.82, 2.24) is 0 Å². The molecular weight excluding hydrogens is 316 g/mol. The van der Waals surface area contributed by atoms with Gasteiger partial charge in [-0.3, -0.25) is 4.79 Å². The predicted molar refractivity (Wildman–Crippen MR) is 84.0 cm³/mol. The number of nitrogens with two attached hydrogens (primary N) is 1. The van der Waals surface area contributed by atoms with Gasteiger partial charge in [0.15, 0.2) is 12.4 Å². The predicted octanol–water partition coefficient (Wildman–Crippen LogP) is 1.63. The number of phenolic OH excluding ortho intramolecular Hbond substituents is 2. The van der Waals surface area contributed by atoms with Crippen LogP contribution in [0, 0.1) is 0 Å². The van der Waals surface area contributed by atoms with Gasteiger partial charge in [0.25, 0.3) is 0 Å². The molecule has 8 nitrogen and oxygen atoms in total. The first-order chi connectivity index (χ1) is 11.4. The maximum atomic E-state index is 12.0. The molecule has 0 spiro atoms. The molecule has 0 unspecified atom stereocenters. The van der Waals surface area contributed by atoms with Gasteiger partial charge in [0.05, 0.1) is 0 Å². The fraction of sp³-hybridized carbons (Fsp3) is 0.0625. The van der Waals surface area contributed by atoms with E-state index in [0.29, 0.717) is 5.69 Å². The normalized spacial score (nSPS) is 10.0. The smallest absolute Gasteiger partial charge is 0.342 e. The molecule has 0 heterocycles. The third kappa shape index (κ3) is 4.23. The van der Waals surface area contributed by atoms with Crippen LogP contribution in [0.4, 0.5) is 10.5 Å². The lowest BCUT2D eigenvalue weighted by atomic mass is 10.1. The lowest BCUT2D eigenvalue weighted by Crippen LogP contribution is -2.19. The molecule has 2 amide bonds. The summed E-state index contributed by atoms with van der Waals surface area (Å²) in [5.74, 6) is -2.01. The van der Waals surface area contributed by atoms with E-state index in [-0.39, 0.29) is 16.9 Å². The zero-order chi connectivity index (χ0) is 17.7. The van der Waals surface area contributed by atoms with Gasteiger partial charge < -0.3 is 26.0 Å². The molecule has 124 valence electrons. The molecule has 0 aliphatic carbocycles. The SMILES string of the molecule is NC(=O)Nc1ccc(C(=O)COC(=O)c2ccc(O)cc2O)cc1. The van der Waals surface area contributed by atoms with Crippen LogP contribution in [0.2, 0.25) is 0 Å². The zero-order valence-corrected chi connectivity index (χ0v) is 12.4. The molecule has 2 aromatic rings. The molecule has 0 aliphatic rings. The molecule has 2 rings (SSSR count). The van der Waals surface area contributed by atoms with Gasteiger partial charge in [-0.15, -0.1) is 0 Å². The number of ketones is 1. The van der Waals surface area contributed by atoms with Crippen LogP contribution >= 0.6 is 0 Å². The quantitative estimate of drug-likeness (QED) is 0.485. The number of rotatable bonds is 5. The van der Waals surface area contributed by atoms with E-state index >= 15 is 0 Å². The van der Waals surface area contributed by atoms with Gasteiger partial charge in [-0.2, -0.15) is 0 Å². The molecule has 0 aliphatic heterocycles. The summed E-state index contributed by atoms with van der Waals surface area (Å²) in [7, 11) is 0. The number of primary amides is 1. The molecule has 0 bridgehead atoms. The highest BCUT2D eigenvalue weighted by atomic mass is 16.5. The fourth-order valence-electron chi connectivity index (χ4n) is 1.87. The minimum absolute atomic E-state index is 0.165. The van der Waals surface area contributed by atoms with Gasteiger partial charge in [-0.1, -0.05) is 0 Å². The second-order valence-corrected chi connectivity index (χ2v) is 4.77. The molecule has 24 heavy (non-hydrogen) atoms. The highest BCUT2D eigenvalue weighted by Crippen LogP contribution is 2.23. The van der Waals surface area contributed by atoms with Crippen LogP contribution < -0.4 is 11.1 Å². The molecular formula is C16H14N2O6. The Bertz CT molecular complexity index is 786. The first-order valence-electron chi connectivity index (χ1n) is 6.75. The molecule has 8 heteroatoms. The van der Waals surface area contributed by atoms with Gasteiger partial charge >= 0.3 is 12.0 Å². The third-order valence-electron chi connectivity index (χ3n) is 3.01. The Morgan fingerprint density at radius 3 is 2.29 bits per heavy atom. The van der Waals surface area contributed by atoms with Crippen LogP contribution in [0.25, 0.3) is 0 Å². The summed E-state index contributed by atoms with van der Waals surface area (Å²) >= 11 is 0. The van der Waals surface area contributed by atoms with Crippen molar-refractivity contribution in [1.29, 1.82) is 0 Å². The van der Waals surface area contributed by atoms with Crippen molar-refractivity contribution in [2.24, 2.45) is 5.73 Å². The summed E-state index contributed by atoms with van der Waals surface area (Å²) in [6.45, 7) is -0.526. The Morgan fingerprint density at radius 1 is 1.04 bits per heavy atom.